The van der Waals surface area contributed by atoms with E-state index in [1.807, 2.05) is 0 Å². The number of rotatable bonds is 4. The highest BCUT2D eigenvalue weighted by molar-refractivity contribution is 5.83. The first-order valence-corrected chi connectivity index (χ1v) is 7.18. The largest absolute Gasteiger partial charge is 0.394 e. The second-order valence-corrected chi connectivity index (χ2v) is 6.74. The van der Waals surface area contributed by atoms with E-state index in [1.165, 1.54) is 19.3 Å². The van der Waals surface area contributed by atoms with Crippen LogP contribution in [0.2, 0.25) is 0 Å². The van der Waals surface area contributed by atoms with Crippen LogP contribution in [0, 0.1) is 23.2 Å². The Morgan fingerprint density at radius 3 is 2.11 bits per heavy atom. The monoisotopic (exact) mass is 253 g/mol. The Hall–Kier alpha value is -0.610. The van der Waals surface area contributed by atoms with Crippen LogP contribution in [0.25, 0.3) is 0 Å². The Morgan fingerprint density at radius 1 is 1.17 bits per heavy atom. The van der Waals surface area contributed by atoms with Gasteiger partial charge < -0.3 is 15.5 Å². The maximum absolute atomic E-state index is 12.4. The topological polar surface area (TPSA) is 69.6 Å². The van der Waals surface area contributed by atoms with Gasteiger partial charge in [-0.3, -0.25) is 4.79 Å². The van der Waals surface area contributed by atoms with Gasteiger partial charge in [-0.2, -0.15) is 0 Å². The number of carbonyl (C=O) groups is 1. The highest BCUT2D eigenvalue weighted by Gasteiger charge is 2.54. The van der Waals surface area contributed by atoms with Gasteiger partial charge in [-0.15, -0.1) is 0 Å². The van der Waals surface area contributed by atoms with E-state index in [0.29, 0.717) is 0 Å². The van der Waals surface area contributed by atoms with Crippen molar-refractivity contribution in [1.29, 1.82) is 0 Å². The number of aliphatic hydroxyl groups excluding tert-OH is 2. The van der Waals surface area contributed by atoms with Gasteiger partial charge in [0.15, 0.2) is 0 Å². The smallest absolute Gasteiger partial charge is 0.226 e. The molecule has 0 aromatic rings. The summed E-state index contributed by atoms with van der Waals surface area (Å²) in [6, 6.07) is 0. The fraction of sp³-hybridized carbons (Fsp3) is 0.929. The molecular weight excluding hydrogens is 230 g/mol. The van der Waals surface area contributed by atoms with E-state index in [-0.39, 0.29) is 24.5 Å². The van der Waals surface area contributed by atoms with E-state index in [9.17, 15) is 9.90 Å². The zero-order valence-corrected chi connectivity index (χ0v) is 10.8. The Morgan fingerprint density at radius 2 is 1.67 bits per heavy atom. The molecule has 4 rings (SSSR count). The zero-order chi connectivity index (χ0) is 12.8. The lowest BCUT2D eigenvalue weighted by Crippen LogP contribution is -2.54. The van der Waals surface area contributed by atoms with Crippen molar-refractivity contribution in [3.8, 4) is 0 Å². The minimum absolute atomic E-state index is 0.120. The van der Waals surface area contributed by atoms with E-state index < -0.39 is 6.10 Å². The molecule has 0 saturated heterocycles. The zero-order valence-electron chi connectivity index (χ0n) is 10.8. The number of nitrogens with one attached hydrogen (secondary N) is 1. The van der Waals surface area contributed by atoms with E-state index in [0.717, 1.165) is 37.0 Å². The first kappa shape index (κ1) is 12.4. The summed E-state index contributed by atoms with van der Waals surface area (Å²) in [6.07, 6.45) is 6.27. The van der Waals surface area contributed by atoms with Gasteiger partial charge in [-0.25, -0.2) is 0 Å². The fourth-order valence-corrected chi connectivity index (χ4v) is 4.85. The van der Waals surface area contributed by atoms with E-state index in [1.54, 1.807) is 0 Å². The molecule has 18 heavy (non-hydrogen) atoms. The molecule has 0 aromatic carbocycles. The highest BCUT2D eigenvalue weighted by atomic mass is 16.3. The number of amides is 1. The SMILES string of the molecule is O=C(NC[C@@H](O)CO)C12CC3CC(CC(C3)C1)C2. The third kappa shape index (κ3) is 2.05. The number of hydrogen-bond donors (Lipinski definition) is 3. The summed E-state index contributed by atoms with van der Waals surface area (Å²) < 4.78 is 0. The van der Waals surface area contributed by atoms with Crippen molar-refractivity contribution in [2.75, 3.05) is 13.2 Å². The lowest BCUT2D eigenvalue weighted by atomic mass is 9.49. The van der Waals surface area contributed by atoms with Crippen molar-refractivity contribution in [2.24, 2.45) is 23.2 Å². The van der Waals surface area contributed by atoms with Crippen LogP contribution in [-0.2, 0) is 4.79 Å². The molecule has 0 radical (unpaired) electrons. The molecule has 4 aliphatic carbocycles. The van der Waals surface area contributed by atoms with Gasteiger partial charge >= 0.3 is 0 Å². The first-order valence-electron chi connectivity index (χ1n) is 7.18. The molecule has 4 saturated carbocycles. The first-order chi connectivity index (χ1) is 8.61. The molecule has 1 atom stereocenters. The van der Waals surface area contributed by atoms with Gasteiger partial charge in [0.05, 0.1) is 12.7 Å². The molecule has 0 aromatic heterocycles. The molecule has 0 spiro atoms. The number of aliphatic hydroxyl groups is 2. The molecule has 0 unspecified atom stereocenters. The molecule has 4 nitrogen and oxygen atoms in total. The van der Waals surface area contributed by atoms with Crippen LogP contribution in [0.4, 0.5) is 0 Å². The summed E-state index contributed by atoms with van der Waals surface area (Å²) >= 11 is 0. The van der Waals surface area contributed by atoms with Gasteiger partial charge in [0.25, 0.3) is 0 Å². The fourth-order valence-electron chi connectivity index (χ4n) is 4.85. The summed E-state index contributed by atoms with van der Waals surface area (Å²) in [5, 5.41) is 20.9. The third-order valence-corrected chi connectivity index (χ3v) is 5.23. The third-order valence-electron chi connectivity index (χ3n) is 5.23. The minimum Gasteiger partial charge on any atom is -0.394 e. The van der Waals surface area contributed by atoms with Crippen molar-refractivity contribution in [2.45, 2.75) is 44.6 Å². The molecular formula is C14H23NO3. The summed E-state index contributed by atoms with van der Waals surface area (Å²) in [5.74, 6) is 2.38. The molecule has 4 aliphatic rings. The Kier molecular flexibility index (Phi) is 3.10. The van der Waals surface area contributed by atoms with Crippen molar-refractivity contribution in [3.63, 3.8) is 0 Å². The summed E-state index contributed by atoms with van der Waals surface area (Å²) in [5.41, 5.74) is -0.149. The number of hydrogen-bond acceptors (Lipinski definition) is 3. The van der Waals surface area contributed by atoms with Crippen LogP contribution in [0.15, 0.2) is 0 Å². The minimum atomic E-state index is -0.831. The quantitative estimate of drug-likeness (QED) is 0.690. The van der Waals surface area contributed by atoms with Gasteiger partial charge in [-0.05, 0) is 56.3 Å². The molecule has 0 aliphatic heterocycles. The molecule has 4 heteroatoms. The molecule has 1 amide bonds. The van der Waals surface area contributed by atoms with Crippen LogP contribution in [0.1, 0.15) is 38.5 Å². The average Bonchev–Trinajstić information content (AvgIpc) is 2.33. The van der Waals surface area contributed by atoms with Crippen molar-refractivity contribution >= 4 is 5.91 Å². The summed E-state index contributed by atoms with van der Waals surface area (Å²) in [4.78, 5) is 12.4. The van der Waals surface area contributed by atoms with E-state index >= 15 is 0 Å². The van der Waals surface area contributed by atoms with Crippen molar-refractivity contribution in [1.82, 2.24) is 5.32 Å². The van der Waals surface area contributed by atoms with Gasteiger partial charge in [0.2, 0.25) is 5.91 Å². The molecule has 0 heterocycles. The predicted octanol–water partition coefficient (Wildman–Crippen LogP) is 0.672. The standard InChI is InChI=1S/C14H23NO3/c16-8-12(17)7-15-13(18)14-4-9-1-10(5-14)3-11(2-9)6-14/h9-12,16-17H,1-8H2,(H,15,18)/t9?,10?,11?,12-,14?/m1/s1. The molecule has 102 valence electrons. The Balaban J connectivity index is 1.66. The summed E-state index contributed by atoms with van der Waals surface area (Å²) in [7, 11) is 0. The lowest BCUT2D eigenvalue weighted by Gasteiger charge is -2.55. The predicted molar refractivity (Wildman–Crippen MR) is 66.7 cm³/mol. The lowest BCUT2D eigenvalue weighted by molar-refractivity contribution is -0.146. The van der Waals surface area contributed by atoms with E-state index in [4.69, 9.17) is 5.11 Å². The highest BCUT2D eigenvalue weighted by Crippen LogP contribution is 2.60. The van der Waals surface area contributed by atoms with Crippen LogP contribution < -0.4 is 5.32 Å². The van der Waals surface area contributed by atoms with Crippen LogP contribution >= 0.6 is 0 Å². The average molecular weight is 253 g/mol. The van der Waals surface area contributed by atoms with E-state index in [2.05, 4.69) is 5.32 Å². The Labute approximate surface area is 108 Å². The van der Waals surface area contributed by atoms with Crippen LogP contribution in [0.3, 0.4) is 0 Å². The molecule has 3 N–H and O–H groups in total. The Bertz CT molecular complexity index is 307. The maximum atomic E-state index is 12.4. The van der Waals surface area contributed by atoms with Crippen LogP contribution in [-0.4, -0.2) is 35.4 Å². The van der Waals surface area contributed by atoms with Gasteiger partial charge in [-0.1, -0.05) is 0 Å². The van der Waals surface area contributed by atoms with Gasteiger partial charge in [0, 0.05) is 12.0 Å². The van der Waals surface area contributed by atoms with Crippen molar-refractivity contribution in [3.05, 3.63) is 0 Å². The molecule has 4 fully saturated rings. The molecule has 4 bridgehead atoms. The second kappa shape index (κ2) is 4.49. The van der Waals surface area contributed by atoms with Crippen molar-refractivity contribution < 1.29 is 15.0 Å². The van der Waals surface area contributed by atoms with Gasteiger partial charge in [0.1, 0.15) is 0 Å². The van der Waals surface area contributed by atoms with Crippen LogP contribution in [0.5, 0.6) is 0 Å². The summed E-state index contributed by atoms with van der Waals surface area (Å²) in [6.45, 7) is -0.113. The normalized spacial score (nSPS) is 42.9. The number of carbonyl (C=O) groups excluding carboxylic acids is 1. The maximum Gasteiger partial charge on any atom is 0.226 e. The second-order valence-electron chi connectivity index (χ2n) is 6.74.